The minimum Gasteiger partial charge on any atom is -0.444 e. The van der Waals surface area contributed by atoms with Gasteiger partial charge in [-0.05, 0) is 11.1 Å². The van der Waals surface area contributed by atoms with Gasteiger partial charge in [0.2, 0.25) is 0 Å². The van der Waals surface area contributed by atoms with Crippen LogP contribution in [0.1, 0.15) is 11.1 Å². The van der Waals surface area contributed by atoms with E-state index in [-0.39, 0.29) is 12.6 Å². The zero-order valence-corrected chi connectivity index (χ0v) is 11.5. The lowest BCUT2D eigenvalue weighted by atomic mass is 10.2. The van der Waals surface area contributed by atoms with Gasteiger partial charge in [0.15, 0.2) is 5.96 Å². The van der Waals surface area contributed by atoms with E-state index in [4.69, 9.17) is 10.5 Å². The van der Waals surface area contributed by atoms with Crippen LogP contribution in [0.4, 0.5) is 4.79 Å². The van der Waals surface area contributed by atoms with E-state index < -0.39 is 6.09 Å². The molecule has 21 heavy (non-hydrogen) atoms. The van der Waals surface area contributed by atoms with E-state index in [2.05, 4.69) is 10.3 Å². The number of aliphatic imine (C=N–C) groups is 1. The average Bonchev–Trinajstić information content (AvgIpc) is 2.53. The van der Waals surface area contributed by atoms with Crippen molar-refractivity contribution in [1.82, 2.24) is 5.32 Å². The fraction of sp³-hybridized carbons (Fsp3) is 0.125. The van der Waals surface area contributed by atoms with Gasteiger partial charge < -0.3 is 10.5 Å². The Balaban J connectivity index is 1.76. The summed E-state index contributed by atoms with van der Waals surface area (Å²) in [4.78, 5) is 15.6. The highest BCUT2D eigenvalue weighted by Gasteiger charge is 2.04. The molecule has 0 unspecified atom stereocenters. The van der Waals surface area contributed by atoms with Gasteiger partial charge in [-0.1, -0.05) is 60.7 Å². The van der Waals surface area contributed by atoms with Crippen molar-refractivity contribution < 1.29 is 9.53 Å². The van der Waals surface area contributed by atoms with Crippen LogP contribution in [-0.4, -0.2) is 12.1 Å². The van der Waals surface area contributed by atoms with Gasteiger partial charge in [-0.2, -0.15) is 0 Å². The fourth-order valence-electron chi connectivity index (χ4n) is 1.66. The van der Waals surface area contributed by atoms with E-state index in [1.54, 1.807) is 0 Å². The minimum atomic E-state index is -0.617. The van der Waals surface area contributed by atoms with E-state index in [0.29, 0.717) is 6.54 Å². The lowest BCUT2D eigenvalue weighted by Gasteiger charge is -2.06. The third kappa shape index (κ3) is 5.36. The molecule has 0 heterocycles. The zero-order valence-electron chi connectivity index (χ0n) is 11.5. The highest BCUT2D eigenvalue weighted by atomic mass is 16.5. The van der Waals surface area contributed by atoms with Crippen molar-refractivity contribution in [1.29, 1.82) is 0 Å². The number of nitrogens with two attached hydrogens (primary N) is 1. The van der Waals surface area contributed by atoms with Gasteiger partial charge in [-0.15, -0.1) is 0 Å². The summed E-state index contributed by atoms with van der Waals surface area (Å²) in [5.74, 6) is 0.0388. The van der Waals surface area contributed by atoms with Gasteiger partial charge in [0.05, 0.1) is 6.54 Å². The van der Waals surface area contributed by atoms with Crippen LogP contribution in [0.5, 0.6) is 0 Å². The number of rotatable bonds is 4. The summed E-state index contributed by atoms with van der Waals surface area (Å²) in [5, 5.41) is 2.39. The van der Waals surface area contributed by atoms with Gasteiger partial charge in [-0.3, -0.25) is 5.32 Å². The molecule has 0 saturated carbocycles. The third-order valence-corrected chi connectivity index (χ3v) is 2.72. The zero-order chi connectivity index (χ0) is 14.9. The van der Waals surface area contributed by atoms with Crippen molar-refractivity contribution in [3.63, 3.8) is 0 Å². The second kappa shape index (κ2) is 7.69. The Kier molecular flexibility index (Phi) is 5.34. The summed E-state index contributed by atoms with van der Waals surface area (Å²) in [6.45, 7) is 0.601. The molecule has 0 fully saturated rings. The molecule has 3 N–H and O–H groups in total. The molecule has 2 aromatic rings. The van der Waals surface area contributed by atoms with Crippen LogP contribution < -0.4 is 11.1 Å². The van der Waals surface area contributed by atoms with Crippen LogP contribution in [0.2, 0.25) is 0 Å². The normalized spacial score (nSPS) is 11.0. The largest absolute Gasteiger partial charge is 0.444 e. The summed E-state index contributed by atoms with van der Waals surface area (Å²) in [6.07, 6.45) is -0.617. The van der Waals surface area contributed by atoms with Gasteiger partial charge in [-0.25, -0.2) is 9.79 Å². The number of guanidine groups is 1. The molecule has 2 rings (SSSR count). The van der Waals surface area contributed by atoms with Gasteiger partial charge in [0, 0.05) is 0 Å². The number of amides is 1. The molecule has 0 spiro atoms. The first kappa shape index (κ1) is 14.6. The highest BCUT2D eigenvalue weighted by molar-refractivity contribution is 5.92. The number of benzene rings is 2. The van der Waals surface area contributed by atoms with Gasteiger partial charge in [0.25, 0.3) is 0 Å². The van der Waals surface area contributed by atoms with E-state index >= 15 is 0 Å². The molecule has 0 atom stereocenters. The van der Waals surface area contributed by atoms with Gasteiger partial charge in [0.1, 0.15) is 6.61 Å². The maximum Gasteiger partial charge on any atom is 0.414 e. The van der Waals surface area contributed by atoms with Crippen molar-refractivity contribution in [2.75, 3.05) is 0 Å². The number of nitrogens with zero attached hydrogens (tertiary/aromatic N) is 1. The first-order valence-corrected chi connectivity index (χ1v) is 6.55. The topological polar surface area (TPSA) is 76.7 Å². The number of hydrogen-bond acceptors (Lipinski definition) is 3. The first-order valence-electron chi connectivity index (χ1n) is 6.55. The predicted molar refractivity (Wildman–Crippen MR) is 81.5 cm³/mol. The van der Waals surface area contributed by atoms with Crippen molar-refractivity contribution in [2.45, 2.75) is 13.2 Å². The molecular formula is C16H17N3O2. The SMILES string of the molecule is NC(=NCc1ccccc1)NC(=O)OCc1ccccc1. The molecule has 0 aliphatic carbocycles. The fourth-order valence-corrected chi connectivity index (χ4v) is 1.66. The predicted octanol–water partition coefficient (Wildman–Crippen LogP) is 2.43. The Labute approximate surface area is 123 Å². The standard InChI is InChI=1S/C16H17N3O2/c17-15(18-11-13-7-3-1-4-8-13)19-16(20)21-12-14-9-5-2-6-10-14/h1-10H,11-12H2,(H3,17,18,19,20). The Bertz CT molecular complexity index is 597. The molecule has 5 heteroatoms. The summed E-state index contributed by atoms with van der Waals surface area (Å²) in [5.41, 5.74) is 7.55. The Morgan fingerprint density at radius 1 is 1.00 bits per heavy atom. The molecule has 108 valence electrons. The highest BCUT2D eigenvalue weighted by Crippen LogP contribution is 2.01. The summed E-state index contributed by atoms with van der Waals surface area (Å²) >= 11 is 0. The molecule has 0 aliphatic heterocycles. The quantitative estimate of drug-likeness (QED) is 0.668. The van der Waals surface area contributed by atoms with Crippen LogP contribution in [0, 0.1) is 0 Å². The van der Waals surface area contributed by atoms with E-state index in [9.17, 15) is 4.79 Å². The second-order valence-electron chi connectivity index (χ2n) is 4.37. The third-order valence-electron chi connectivity index (χ3n) is 2.72. The van der Waals surface area contributed by atoms with Crippen LogP contribution in [0.15, 0.2) is 65.7 Å². The number of hydrogen-bond donors (Lipinski definition) is 2. The van der Waals surface area contributed by atoms with Crippen LogP contribution in [-0.2, 0) is 17.9 Å². The maximum absolute atomic E-state index is 11.5. The molecule has 0 radical (unpaired) electrons. The lowest BCUT2D eigenvalue weighted by Crippen LogP contribution is -2.37. The van der Waals surface area contributed by atoms with E-state index in [1.807, 2.05) is 60.7 Å². The summed E-state index contributed by atoms with van der Waals surface area (Å²) < 4.78 is 5.04. The monoisotopic (exact) mass is 283 g/mol. The Hall–Kier alpha value is -2.82. The number of nitrogens with one attached hydrogen (secondary N) is 1. The lowest BCUT2D eigenvalue weighted by molar-refractivity contribution is 0.145. The van der Waals surface area contributed by atoms with E-state index in [0.717, 1.165) is 11.1 Å². The summed E-state index contributed by atoms with van der Waals surface area (Å²) in [6, 6.07) is 19.0. The maximum atomic E-state index is 11.5. The molecule has 0 aromatic heterocycles. The smallest absolute Gasteiger partial charge is 0.414 e. The number of carbonyl (C=O) groups excluding carboxylic acids is 1. The number of carbonyl (C=O) groups is 1. The summed E-state index contributed by atoms with van der Waals surface area (Å²) in [7, 11) is 0. The molecule has 0 aliphatic rings. The van der Waals surface area contributed by atoms with Crippen molar-refractivity contribution >= 4 is 12.1 Å². The van der Waals surface area contributed by atoms with Crippen molar-refractivity contribution in [3.8, 4) is 0 Å². The first-order chi connectivity index (χ1) is 10.2. The molecule has 1 amide bonds. The van der Waals surface area contributed by atoms with Crippen molar-refractivity contribution in [3.05, 3.63) is 71.8 Å². The van der Waals surface area contributed by atoms with Crippen molar-refractivity contribution in [2.24, 2.45) is 10.7 Å². The molecule has 0 saturated heterocycles. The number of ether oxygens (including phenoxy) is 1. The molecule has 2 aromatic carbocycles. The number of alkyl carbamates (subject to hydrolysis) is 1. The van der Waals surface area contributed by atoms with Gasteiger partial charge >= 0.3 is 6.09 Å². The van der Waals surface area contributed by atoms with Crippen LogP contribution >= 0.6 is 0 Å². The molecule has 5 nitrogen and oxygen atoms in total. The Morgan fingerprint density at radius 3 is 2.19 bits per heavy atom. The molecule has 0 bridgehead atoms. The van der Waals surface area contributed by atoms with E-state index in [1.165, 1.54) is 0 Å². The van der Waals surface area contributed by atoms with Crippen LogP contribution in [0.3, 0.4) is 0 Å². The molecular weight excluding hydrogens is 266 g/mol. The average molecular weight is 283 g/mol. The minimum absolute atomic E-state index is 0.0388. The Morgan fingerprint density at radius 2 is 1.57 bits per heavy atom. The van der Waals surface area contributed by atoms with Crippen LogP contribution in [0.25, 0.3) is 0 Å². The second-order valence-corrected chi connectivity index (χ2v) is 4.37.